The molecular formula is C64H90Cl4N2O2Ru2-2. The number of nitrogens with zero attached hydrogens (tertiary/aromatic N) is 2. The second-order valence-electron chi connectivity index (χ2n) is 22.9. The third kappa shape index (κ3) is 21.4. The van der Waals surface area contributed by atoms with Gasteiger partial charge in [0.25, 0.3) is 0 Å². The summed E-state index contributed by atoms with van der Waals surface area (Å²) in [6, 6.07) is 41.2. The average Bonchev–Trinajstić information content (AvgIpc) is 3.69. The fraction of sp³-hybridized carbons (Fsp3) is 0.469. The molecule has 414 valence electrons. The Morgan fingerprint density at radius 2 is 0.797 bits per heavy atom. The smallest absolute Gasteiger partial charge is 0.0145 e. The summed E-state index contributed by atoms with van der Waals surface area (Å²) in [5, 5.41) is 0. The molecular weight excluding hydrogens is 1170 g/mol. The maximum atomic E-state index is 5.82. The van der Waals surface area contributed by atoms with Gasteiger partial charge in [-0.1, -0.05) is 155 Å². The molecule has 2 saturated heterocycles. The topological polar surface area (TPSA) is 24.9 Å². The van der Waals surface area contributed by atoms with E-state index >= 15 is 0 Å². The number of anilines is 2. The molecule has 0 amide bonds. The van der Waals surface area contributed by atoms with Gasteiger partial charge in [-0.25, -0.2) is 13.1 Å². The molecule has 74 heavy (non-hydrogen) atoms. The van der Waals surface area contributed by atoms with Gasteiger partial charge in [0.05, 0.1) is 0 Å². The van der Waals surface area contributed by atoms with Crippen molar-refractivity contribution < 1.29 is 36.5 Å². The number of para-hydroxylation sites is 4. The Kier molecular flexibility index (Phi) is 27.1. The van der Waals surface area contributed by atoms with Crippen LogP contribution < -0.4 is 19.3 Å². The quantitative estimate of drug-likeness (QED) is 0.0918. The van der Waals surface area contributed by atoms with Crippen molar-refractivity contribution in [3.63, 3.8) is 0 Å². The standard InChI is InChI=1S/C20H32N.C18H28N.2C10H12O.C6H6.4ClH.2Ru/c1-14(2)16-10-9-11-17(15(3)4)18(16)21-13-19(5,6)12-20(21,7)8;1-7-14-10-9-11-15(8-2)16(14)19-13-17(3,4)12-18(19,5)6;2*1-8(2)11-10-7-5-4-6-9(10)3;1-2-4-6-5-3-1;;;;;;/h9-11,13-15H,12H2,1-8H3;9-11,13H,7-8,12H2,1-6H3;2*3-8H,1-2H3;1-6H;4*1H;;/q2*-1;;;;;;;;2*+2/p-4. The van der Waals surface area contributed by atoms with E-state index in [1.807, 2.05) is 122 Å². The summed E-state index contributed by atoms with van der Waals surface area (Å²) in [6.45, 7) is 45.5. The van der Waals surface area contributed by atoms with Crippen LogP contribution in [0.5, 0.6) is 11.5 Å². The minimum absolute atomic E-state index is 0.163. The Labute approximate surface area is 477 Å². The fourth-order valence-electron chi connectivity index (χ4n) is 9.99. The Balaban J connectivity index is 0.000000253. The molecule has 0 atom stereocenters. The van der Waals surface area contributed by atoms with Crippen LogP contribution in [0.15, 0.2) is 121 Å². The summed E-state index contributed by atoms with van der Waals surface area (Å²) in [5.74, 6) is 2.79. The molecule has 2 heterocycles. The van der Waals surface area contributed by atoms with Crippen LogP contribution in [-0.4, -0.2) is 32.5 Å². The second kappa shape index (κ2) is 30.6. The first kappa shape index (κ1) is 65.7. The summed E-state index contributed by atoms with van der Waals surface area (Å²) in [6.07, 6.45) is 4.94. The summed E-state index contributed by atoms with van der Waals surface area (Å²) in [4.78, 5) is 5.11. The molecule has 2 aliphatic heterocycles. The second-order valence-corrected chi connectivity index (χ2v) is 34.3. The van der Waals surface area contributed by atoms with Gasteiger partial charge in [0.2, 0.25) is 0 Å². The van der Waals surface area contributed by atoms with Gasteiger partial charge in [-0.2, -0.15) is 0 Å². The molecule has 0 spiro atoms. The van der Waals surface area contributed by atoms with E-state index < -0.39 is 27.0 Å². The zero-order valence-electron chi connectivity index (χ0n) is 47.9. The van der Waals surface area contributed by atoms with Crippen molar-refractivity contribution in [2.24, 2.45) is 10.8 Å². The third-order valence-corrected chi connectivity index (χ3v) is 16.1. The largest absolute Gasteiger partial charge is 0.517 e. The Morgan fingerprint density at radius 1 is 0.473 bits per heavy atom. The van der Waals surface area contributed by atoms with Gasteiger partial charge in [-0.15, -0.1) is 10.8 Å². The van der Waals surface area contributed by atoms with Crippen molar-refractivity contribution in [2.75, 3.05) is 9.80 Å². The Bertz CT molecular complexity index is 2380. The van der Waals surface area contributed by atoms with Crippen LogP contribution in [0.3, 0.4) is 0 Å². The van der Waals surface area contributed by atoms with E-state index in [-0.39, 0.29) is 34.1 Å². The van der Waals surface area contributed by atoms with Crippen LogP contribution in [0.2, 0.25) is 0 Å². The first-order valence-electron chi connectivity index (χ1n) is 26.3. The summed E-state index contributed by atoms with van der Waals surface area (Å²) in [5.41, 5.74) is 11.7. The van der Waals surface area contributed by atoms with Crippen molar-refractivity contribution >= 4 is 59.4 Å². The predicted molar refractivity (Wildman–Crippen MR) is 323 cm³/mol. The van der Waals surface area contributed by atoms with Crippen LogP contribution in [0.1, 0.15) is 183 Å². The molecule has 2 fully saturated rings. The molecule has 0 bridgehead atoms. The van der Waals surface area contributed by atoms with Crippen LogP contribution >= 0.6 is 38.8 Å². The number of benzene rings is 5. The zero-order valence-corrected chi connectivity index (χ0v) is 54.4. The monoisotopic (exact) mass is 1260 g/mol. The fourth-order valence-corrected chi connectivity index (χ4v) is 13.6. The zero-order chi connectivity index (χ0) is 55.6. The first-order chi connectivity index (χ1) is 34.5. The van der Waals surface area contributed by atoms with E-state index in [4.69, 9.17) is 48.2 Å². The van der Waals surface area contributed by atoms with Gasteiger partial charge in [-0.05, 0) is 74.6 Å². The van der Waals surface area contributed by atoms with Crippen LogP contribution in [0.4, 0.5) is 11.4 Å². The summed E-state index contributed by atoms with van der Waals surface area (Å²) < 4.78 is 15.0. The van der Waals surface area contributed by atoms with E-state index in [0.717, 1.165) is 35.5 Å². The van der Waals surface area contributed by atoms with E-state index in [1.54, 1.807) is 0 Å². The SMILES string of the molecule is CC(C)Oc1ccccc1[CH]=[Ru]([Cl])[Cl].CC(C)Oc1ccccc1[CH]=[Ru]([Cl])[Cl].CC(C)c1cccc(C(C)C)c1N1[CH-]C(C)(C)CC1(C)C.CCc1cccc(CC)c1N1[CH-]C(C)(C)CC1(C)C.c1ccccc1. The first-order valence-corrected chi connectivity index (χ1v) is 37.2. The molecule has 0 unspecified atom stereocenters. The van der Waals surface area contributed by atoms with Gasteiger partial charge in [-0.3, -0.25) is 0 Å². The van der Waals surface area contributed by atoms with Gasteiger partial charge >= 0.3 is 196 Å². The van der Waals surface area contributed by atoms with Crippen molar-refractivity contribution in [1.82, 2.24) is 0 Å². The molecule has 0 N–H and O–H groups in total. The molecule has 0 saturated carbocycles. The van der Waals surface area contributed by atoms with Crippen LogP contribution in [0.25, 0.3) is 0 Å². The molecule has 0 aromatic heterocycles. The van der Waals surface area contributed by atoms with Crippen molar-refractivity contribution in [3.05, 3.63) is 168 Å². The maximum Gasteiger partial charge on any atom is 0.0145 e. The van der Waals surface area contributed by atoms with Gasteiger partial charge in [0.1, 0.15) is 0 Å². The molecule has 0 radical (unpaired) electrons. The van der Waals surface area contributed by atoms with E-state index in [0.29, 0.717) is 11.8 Å². The molecule has 7 rings (SSSR count). The molecule has 5 aromatic carbocycles. The van der Waals surface area contributed by atoms with Crippen molar-refractivity contribution in [2.45, 2.75) is 185 Å². The van der Waals surface area contributed by atoms with Crippen molar-refractivity contribution in [1.29, 1.82) is 0 Å². The number of rotatable bonds is 12. The molecule has 4 nitrogen and oxygen atoms in total. The third-order valence-electron chi connectivity index (χ3n) is 12.4. The normalized spacial score (nSPS) is 16.1. The minimum atomic E-state index is -1.77. The van der Waals surface area contributed by atoms with Gasteiger partial charge in [0, 0.05) is 22.5 Å². The number of aryl methyl sites for hydroxylation is 2. The molecule has 0 aliphatic carbocycles. The molecule has 5 aromatic rings. The summed E-state index contributed by atoms with van der Waals surface area (Å²) in [7, 11) is 23.3. The number of halogens is 4. The number of ether oxygens (including phenoxy) is 2. The summed E-state index contributed by atoms with van der Waals surface area (Å²) >= 11 is -3.54. The predicted octanol–water partition coefficient (Wildman–Crippen LogP) is 19.9. The average molecular weight is 1260 g/mol. The number of hydrogen-bond acceptors (Lipinski definition) is 4. The Hall–Kier alpha value is -2.55. The maximum absolute atomic E-state index is 5.82. The van der Waals surface area contributed by atoms with Crippen LogP contribution in [0, 0.1) is 23.9 Å². The number of hydrogen-bond donors (Lipinski definition) is 0. The van der Waals surface area contributed by atoms with E-state index in [1.165, 1.54) is 46.5 Å². The van der Waals surface area contributed by atoms with Gasteiger partial charge in [0.15, 0.2) is 0 Å². The van der Waals surface area contributed by atoms with E-state index in [2.05, 4.69) is 156 Å². The molecule has 10 heteroatoms. The van der Waals surface area contributed by atoms with E-state index in [9.17, 15) is 0 Å². The molecule has 2 aliphatic rings. The van der Waals surface area contributed by atoms with Crippen LogP contribution in [-0.2, 0) is 39.9 Å². The van der Waals surface area contributed by atoms with Crippen molar-refractivity contribution in [3.8, 4) is 11.5 Å². The van der Waals surface area contributed by atoms with Gasteiger partial charge < -0.3 is 9.80 Å². The minimum Gasteiger partial charge on any atom is -0.517 e. The Morgan fingerprint density at radius 3 is 1.08 bits per heavy atom.